The van der Waals surface area contributed by atoms with Crippen molar-refractivity contribution >= 4 is 29.8 Å². The van der Waals surface area contributed by atoms with Crippen molar-refractivity contribution in [1.82, 2.24) is 0 Å². The van der Waals surface area contributed by atoms with Crippen LogP contribution < -0.4 is 0 Å². The number of hydrogen-bond donors (Lipinski definition) is 0. The lowest BCUT2D eigenvalue weighted by atomic mass is 10.2. The van der Waals surface area contributed by atoms with Gasteiger partial charge in [0.2, 0.25) is 0 Å². The predicted octanol–water partition coefficient (Wildman–Crippen LogP) is 6.36. The minimum atomic E-state index is 0.334. The van der Waals surface area contributed by atoms with Gasteiger partial charge in [0.1, 0.15) is 6.29 Å². The lowest BCUT2D eigenvalue weighted by Crippen LogP contribution is -1.93. The zero-order valence-electron chi connectivity index (χ0n) is 13.9. The highest BCUT2D eigenvalue weighted by molar-refractivity contribution is 8.15. The molecule has 0 amide bonds. The minimum Gasteiger partial charge on any atom is -0.298 e. The van der Waals surface area contributed by atoms with Crippen molar-refractivity contribution in [2.24, 2.45) is 0 Å². The van der Waals surface area contributed by atoms with Gasteiger partial charge in [0.15, 0.2) is 0 Å². The SMILES string of the molecule is O=Cc1ccc(C(SCc2ccccc2)SCc2ccccc2)cc1. The van der Waals surface area contributed by atoms with Crippen molar-refractivity contribution in [2.75, 3.05) is 0 Å². The van der Waals surface area contributed by atoms with Gasteiger partial charge >= 0.3 is 0 Å². The van der Waals surface area contributed by atoms with Crippen molar-refractivity contribution in [3.05, 3.63) is 107 Å². The number of benzene rings is 3. The van der Waals surface area contributed by atoms with Gasteiger partial charge in [-0.05, 0) is 16.7 Å². The summed E-state index contributed by atoms with van der Waals surface area (Å²) >= 11 is 3.87. The molecule has 3 aromatic carbocycles. The summed E-state index contributed by atoms with van der Waals surface area (Å²) in [7, 11) is 0. The Morgan fingerprint density at radius 2 is 1.16 bits per heavy atom. The first-order valence-electron chi connectivity index (χ1n) is 8.21. The highest BCUT2D eigenvalue weighted by atomic mass is 32.2. The van der Waals surface area contributed by atoms with E-state index in [1.54, 1.807) is 0 Å². The van der Waals surface area contributed by atoms with E-state index in [1.165, 1.54) is 16.7 Å². The third-order valence-corrected chi connectivity index (χ3v) is 6.80. The second-order valence-electron chi connectivity index (χ2n) is 5.71. The average molecular weight is 365 g/mol. The number of carbonyl (C=O) groups is 1. The van der Waals surface area contributed by atoms with E-state index in [0.29, 0.717) is 4.58 Å². The molecule has 0 fully saturated rings. The number of aldehydes is 1. The molecule has 3 rings (SSSR count). The summed E-state index contributed by atoms with van der Waals surface area (Å²) in [5.41, 5.74) is 4.65. The van der Waals surface area contributed by atoms with Crippen molar-refractivity contribution in [3.8, 4) is 0 Å². The van der Waals surface area contributed by atoms with Crippen LogP contribution in [0.25, 0.3) is 0 Å². The molecule has 0 heterocycles. The molecule has 3 aromatic rings. The van der Waals surface area contributed by atoms with Crippen LogP contribution in [0.3, 0.4) is 0 Å². The molecule has 0 atom stereocenters. The summed E-state index contributed by atoms with van der Waals surface area (Å²) in [4.78, 5) is 10.9. The van der Waals surface area contributed by atoms with Gasteiger partial charge in [0, 0.05) is 17.1 Å². The third kappa shape index (κ3) is 5.52. The Kier molecular flexibility index (Phi) is 6.78. The highest BCUT2D eigenvalue weighted by Gasteiger charge is 2.13. The van der Waals surface area contributed by atoms with Crippen LogP contribution in [-0.4, -0.2) is 6.29 Å². The van der Waals surface area contributed by atoms with Crippen LogP contribution in [0.4, 0.5) is 0 Å². The summed E-state index contributed by atoms with van der Waals surface area (Å²) in [5, 5.41) is 0. The number of thioether (sulfide) groups is 2. The molecule has 0 aliphatic heterocycles. The van der Waals surface area contributed by atoms with E-state index >= 15 is 0 Å². The Morgan fingerprint density at radius 1 is 0.680 bits per heavy atom. The fraction of sp³-hybridized carbons (Fsp3) is 0.136. The van der Waals surface area contributed by atoms with Crippen LogP contribution in [0.15, 0.2) is 84.9 Å². The average Bonchev–Trinajstić information content (AvgIpc) is 2.70. The maximum atomic E-state index is 10.9. The summed E-state index contributed by atoms with van der Waals surface area (Å²) in [5.74, 6) is 1.95. The molecule has 0 bridgehead atoms. The molecule has 0 N–H and O–H groups in total. The maximum absolute atomic E-state index is 10.9. The highest BCUT2D eigenvalue weighted by Crippen LogP contribution is 2.42. The molecule has 1 nitrogen and oxygen atoms in total. The first-order chi connectivity index (χ1) is 12.3. The predicted molar refractivity (Wildman–Crippen MR) is 110 cm³/mol. The molecule has 126 valence electrons. The number of rotatable bonds is 8. The molecule has 0 spiro atoms. The quantitative estimate of drug-likeness (QED) is 0.342. The first-order valence-corrected chi connectivity index (χ1v) is 10.3. The lowest BCUT2D eigenvalue weighted by molar-refractivity contribution is 0.112. The van der Waals surface area contributed by atoms with E-state index in [9.17, 15) is 4.79 Å². The van der Waals surface area contributed by atoms with Crippen molar-refractivity contribution in [2.45, 2.75) is 16.1 Å². The fourth-order valence-corrected chi connectivity index (χ4v) is 5.03. The summed E-state index contributed by atoms with van der Waals surface area (Å²) < 4.78 is 0.334. The van der Waals surface area contributed by atoms with Crippen molar-refractivity contribution < 1.29 is 4.79 Å². The van der Waals surface area contributed by atoms with Crippen LogP contribution >= 0.6 is 23.5 Å². The molecule has 0 radical (unpaired) electrons. The first kappa shape index (κ1) is 17.8. The molecule has 0 saturated heterocycles. The molecule has 3 heteroatoms. The topological polar surface area (TPSA) is 17.1 Å². The minimum absolute atomic E-state index is 0.334. The molecule has 0 saturated carbocycles. The van der Waals surface area contributed by atoms with Gasteiger partial charge in [-0.15, -0.1) is 23.5 Å². The summed E-state index contributed by atoms with van der Waals surface area (Å²) in [6.45, 7) is 0. The largest absolute Gasteiger partial charge is 0.298 e. The lowest BCUT2D eigenvalue weighted by Gasteiger charge is -2.17. The standard InChI is InChI=1S/C22H20OS2/c23-15-18-11-13-21(14-12-18)22(24-16-19-7-3-1-4-8-19)25-17-20-9-5-2-6-10-20/h1-15,22H,16-17H2. The van der Waals surface area contributed by atoms with Crippen LogP contribution in [0.1, 0.15) is 31.6 Å². The van der Waals surface area contributed by atoms with Gasteiger partial charge in [0.05, 0.1) is 4.58 Å². The van der Waals surface area contributed by atoms with Gasteiger partial charge in [-0.25, -0.2) is 0 Å². The monoisotopic (exact) mass is 364 g/mol. The second-order valence-corrected chi connectivity index (χ2v) is 8.19. The van der Waals surface area contributed by atoms with E-state index in [2.05, 4.69) is 60.7 Å². The van der Waals surface area contributed by atoms with Crippen LogP contribution in [-0.2, 0) is 11.5 Å². The van der Waals surface area contributed by atoms with Gasteiger partial charge in [-0.3, -0.25) is 4.79 Å². The Bertz CT molecular complexity index is 727. The van der Waals surface area contributed by atoms with Gasteiger partial charge < -0.3 is 0 Å². The second kappa shape index (κ2) is 9.50. The third-order valence-electron chi connectivity index (χ3n) is 3.83. The van der Waals surface area contributed by atoms with Gasteiger partial charge in [-0.2, -0.15) is 0 Å². The van der Waals surface area contributed by atoms with Crippen LogP contribution in [0.5, 0.6) is 0 Å². The Hall–Kier alpha value is -1.97. The van der Waals surface area contributed by atoms with Crippen molar-refractivity contribution in [3.63, 3.8) is 0 Å². The molecule has 0 aliphatic rings. The molecular weight excluding hydrogens is 344 g/mol. The van der Waals surface area contributed by atoms with E-state index in [4.69, 9.17) is 0 Å². The fourth-order valence-electron chi connectivity index (χ4n) is 2.46. The normalized spacial score (nSPS) is 10.8. The summed E-state index contributed by atoms with van der Waals surface area (Å²) in [6.07, 6.45) is 0.896. The van der Waals surface area contributed by atoms with Crippen LogP contribution in [0, 0.1) is 0 Å². The van der Waals surface area contributed by atoms with Crippen molar-refractivity contribution in [1.29, 1.82) is 0 Å². The van der Waals surface area contributed by atoms with E-state index in [0.717, 1.165) is 23.4 Å². The van der Waals surface area contributed by atoms with E-state index < -0.39 is 0 Å². The zero-order valence-corrected chi connectivity index (χ0v) is 15.5. The molecule has 0 aliphatic carbocycles. The number of hydrogen-bond acceptors (Lipinski definition) is 3. The van der Waals surface area contributed by atoms with Gasteiger partial charge in [0.25, 0.3) is 0 Å². The Labute approximate surface area is 157 Å². The Morgan fingerprint density at radius 3 is 1.60 bits per heavy atom. The smallest absolute Gasteiger partial charge is 0.150 e. The van der Waals surface area contributed by atoms with E-state index in [-0.39, 0.29) is 0 Å². The van der Waals surface area contributed by atoms with Gasteiger partial charge in [-0.1, -0.05) is 84.9 Å². The Balaban J connectivity index is 1.71. The van der Waals surface area contributed by atoms with E-state index in [1.807, 2.05) is 47.8 Å². The van der Waals surface area contributed by atoms with Crippen LogP contribution in [0.2, 0.25) is 0 Å². The molecule has 25 heavy (non-hydrogen) atoms. The maximum Gasteiger partial charge on any atom is 0.150 e. The molecule has 0 unspecified atom stereocenters. The summed E-state index contributed by atoms with van der Waals surface area (Å²) in [6, 6.07) is 29.1. The number of carbonyl (C=O) groups excluding carboxylic acids is 1. The zero-order chi connectivity index (χ0) is 17.3. The molecule has 0 aromatic heterocycles. The molecular formula is C22H20OS2.